The summed E-state index contributed by atoms with van der Waals surface area (Å²) in [7, 11) is 5.30. The molecule has 0 aliphatic rings. The zero-order valence-electron chi connectivity index (χ0n) is 17.3. The molecule has 158 valence electrons. The van der Waals surface area contributed by atoms with Gasteiger partial charge in [0, 0.05) is 19.8 Å². The van der Waals surface area contributed by atoms with Gasteiger partial charge in [-0.15, -0.1) is 0 Å². The normalized spacial score (nSPS) is 13.7. The average molecular weight is 389 g/mol. The van der Waals surface area contributed by atoms with Crippen molar-refractivity contribution in [3.63, 3.8) is 0 Å². The quantitative estimate of drug-likeness (QED) is 0.230. The minimum absolute atomic E-state index is 0.0326. The predicted molar refractivity (Wildman–Crippen MR) is 97.5 cm³/mol. The van der Waals surface area contributed by atoms with Gasteiger partial charge in [0.2, 0.25) is 0 Å². The van der Waals surface area contributed by atoms with Crippen LogP contribution < -0.4 is 5.11 Å². The summed E-state index contributed by atoms with van der Waals surface area (Å²) in [5, 5.41) is 11.2. The van der Waals surface area contributed by atoms with Crippen LogP contribution in [0.15, 0.2) is 0 Å². The molecule has 0 amide bonds. The molecule has 8 nitrogen and oxygen atoms in total. The van der Waals surface area contributed by atoms with Crippen molar-refractivity contribution < 1.29 is 38.2 Å². The number of esters is 2. The van der Waals surface area contributed by atoms with Gasteiger partial charge in [-0.3, -0.25) is 9.59 Å². The van der Waals surface area contributed by atoms with Crippen LogP contribution in [0, 0.1) is 0 Å². The van der Waals surface area contributed by atoms with Crippen molar-refractivity contribution in [1.82, 2.24) is 0 Å². The van der Waals surface area contributed by atoms with Crippen molar-refractivity contribution in [3.8, 4) is 0 Å². The number of unbranched alkanes of at least 4 members (excludes halogenated alkanes) is 3. The molecule has 0 bridgehead atoms. The Morgan fingerprint density at radius 1 is 1.04 bits per heavy atom. The first-order chi connectivity index (χ1) is 12.6. The van der Waals surface area contributed by atoms with Crippen LogP contribution in [0.25, 0.3) is 0 Å². The minimum atomic E-state index is -1.14. The Balaban J connectivity index is 4.41. The van der Waals surface area contributed by atoms with Gasteiger partial charge in [0.15, 0.2) is 6.10 Å². The van der Waals surface area contributed by atoms with E-state index in [9.17, 15) is 19.5 Å². The Labute approximate surface area is 162 Å². The van der Waals surface area contributed by atoms with Crippen molar-refractivity contribution in [3.05, 3.63) is 0 Å². The van der Waals surface area contributed by atoms with Gasteiger partial charge >= 0.3 is 11.9 Å². The van der Waals surface area contributed by atoms with Crippen LogP contribution in [0.4, 0.5) is 0 Å². The molecule has 0 aromatic rings. The van der Waals surface area contributed by atoms with Crippen LogP contribution in [-0.4, -0.2) is 75.5 Å². The fourth-order valence-electron chi connectivity index (χ4n) is 2.50. The zero-order valence-corrected chi connectivity index (χ0v) is 17.3. The van der Waals surface area contributed by atoms with E-state index < -0.39 is 24.1 Å². The van der Waals surface area contributed by atoms with Gasteiger partial charge in [0.25, 0.3) is 0 Å². The number of carboxylic acid groups (broad SMARTS) is 1. The molecule has 0 N–H and O–H groups in total. The number of rotatable bonds is 15. The highest BCUT2D eigenvalue weighted by atomic mass is 16.6. The molecule has 0 heterocycles. The number of nitrogens with zero attached hydrogens (tertiary/aromatic N) is 1. The zero-order chi connectivity index (χ0) is 20.9. The van der Waals surface area contributed by atoms with Gasteiger partial charge in [0.1, 0.15) is 12.6 Å². The Hall–Kier alpha value is -1.67. The van der Waals surface area contributed by atoms with Crippen LogP contribution in [0.2, 0.25) is 0 Å². The van der Waals surface area contributed by atoms with E-state index >= 15 is 0 Å². The van der Waals surface area contributed by atoms with Gasteiger partial charge in [-0.1, -0.05) is 26.2 Å². The Morgan fingerprint density at radius 2 is 1.70 bits per heavy atom. The molecule has 0 saturated carbocycles. The first kappa shape index (κ1) is 25.3. The SMILES string of the molecule is CCCCCCC(=O)OC(COCCC(C(=O)[O-])[N+](C)(C)C)COC(C)=O. The second-order valence-electron chi connectivity index (χ2n) is 7.54. The smallest absolute Gasteiger partial charge is 0.306 e. The number of carbonyl (C=O) groups excluding carboxylic acids is 3. The van der Waals surface area contributed by atoms with E-state index in [1.54, 1.807) is 21.1 Å². The van der Waals surface area contributed by atoms with Gasteiger partial charge < -0.3 is 28.6 Å². The molecule has 2 atom stereocenters. The molecule has 27 heavy (non-hydrogen) atoms. The molecule has 0 aliphatic heterocycles. The Bertz CT molecular complexity index is 459. The number of carbonyl (C=O) groups is 3. The summed E-state index contributed by atoms with van der Waals surface area (Å²) in [4.78, 5) is 34.2. The number of ether oxygens (including phenoxy) is 3. The van der Waals surface area contributed by atoms with E-state index in [0.717, 1.165) is 25.7 Å². The van der Waals surface area contributed by atoms with Crippen molar-refractivity contribution in [2.24, 2.45) is 0 Å². The maximum absolute atomic E-state index is 11.9. The molecule has 0 rings (SSSR count). The summed E-state index contributed by atoms with van der Waals surface area (Å²) >= 11 is 0. The molecule has 8 heteroatoms. The maximum Gasteiger partial charge on any atom is 0.306 e. The summed E-state index contributed by atoms with van der Waals surface area (Å²) in [6.07, 6.45) is 3.73. The molecule has 0 aliphatic carbocycles. The van der Waals surface area contributed by atoms with Gasteiger partial charge in [-0.25, -0.2) is 0 Å². The second kappa shape index (κ2) is 13.5. The van der Waals surface area contributed by atoms with E-state index in [1.165, 1.54) is 6.92 Å². The summed E-state index contributed by atoms with van der Waals surface area (Å²) in [6.45, 7) is 3.48. The van der Waals surface area contributed by atoms with E-state index in [1.807, 2.05) is 0 Å². The lowest BCUT2D eigenvalue weighted by Crippen LogP contribution is -2.55. The third kappa shape index (κ3) is 13.2. The van der Waals surface area contributed by atoms with E-state index in [2.05, 4.69) is 6.92 Å². The van der Waals surface area contributed by atoms with Crippen molar-refractivity contribution in [2.75, 3.05) is 41.0 Å². The number of hydrogen-bond donors (Lipinski definition) is 0. The number of quaternary nitrogens is 1. The highest BCUT2D eigenvalue weighted by Gasteiger charge is 2.25. The Morgan fingerprint density at radius 3 is 2.22 bits per heavy atom. The van der Waals surface area contributed by atoms with Crippen LogP contribution in [0.1, 0.15) is 52.4 Å². The lowest BCUT2D eigenvalue weighted by atomic mass is 10.1. The Kier molecular flexibility index (Phi) is 12.7. The third-order valence-electron chi connectivity index (χ3n) is 4.05. The lowest BCUT2D eigenvalue weighted by molar-refractivity contribution is -0.889. The monoisotopic (exact) mass is 389 g/mol. The molecule has 0 aromatic carbocycles. The average Bonchev–Trinajstić information content (AvgIpc) is 2.54. The van der Waals surface area contributed by atoms with E-state index in [-0.39, 0.29) is 36.7 Å². The molecule has 0 fully saturated rings. The van der Waals surface area contributed by atoms with E-state index in [4.69, 9.17) is 14.2 Å². The molecule has 0 spiro atoms. The number of hydrogen-bond acceptors (Lipinski definition) is 7. The highest BCUT2D eigenvalue weighted by molar-refractivity contribution is 5.70. The number of likely N-dealkylation sites (N-methyl/N-ethyl adjacent to an activating group) is 1. The minimum Gasteiger partial charge on any atom is -0.544 e. The predicted octanol–water partition coefficient (Wildman–Crippen LogP) is 0.663. The van der Waals surface area contributed by atoms with Crippen molar-refractivity contribution >= 4 is 17.9 Å². The standard InChI is InChI=1S/C19H35NO7/c1-6-7-8-9-10-18(22)27-16(14-26-15(2)21)13-25-12-11-17(19(23)24)20(3,4)5/h16-17H,6-14H2,1-5H3. The summed E-state index contributed by atoms with van der Waals surface area (Å²) < 4.78 is 15.9. The number of aliphatic carboxylic acids is 1. The van der Waals surface area contributed by atoms with Crippen LogP contribution in [-0.2, 0) is 28.6 Å². The van der Waals surface area contributed by atoms with Gasteiger partial charge in [-0.05, 0) is 6.42 Å². The topological polar surface area (TPSA) is 102 Å². The lowest BCUT2D eigenvalue weighted by Gasteiger charge is -2.34. The maximum atomic E-state index is 11.9. The molecule has 0 radical (unpaired) electrons. The fourth-order valence-corrected chi connectivity index (χ4v) is 2.50. The number of carboxylic acids is 1. The molecular formula is C19H35NO7. The summed E-state index contributed by atoms with van der Waals surface area (Å²) in [5.41, 5.74) is 0. The molecule has 0 saturated heterocycles. The fraction of sp³-hybridized carbons (Fsp3) is 0.842. The van der Waals surface area contributed by atoms with Crippen LogP contribution >= 0.6 is 0 Å². The largest absolute Gasteiger partial charge is 0.544 e. The summed E-state index contributed by atoms with van der Waals surface area (Å²) in [5.74, 6) is -1.96. The van der Waals surface area contributed by atoms with Gasteiger partial charge in [-0.2, -0.15) is 0 Å². The summed E-state index contributed by atoms with van der Waals surface area (Å²) in [6, 6.07) is -0.710. The highest BCUT2D eigenvalue weighted by Crippen LogP contribution is 2.09. The van der Waals surface area contributed by atoms with Crippen LogP contribution in [0.5, 0.6) is 0 Å². The van der Waals surface area contributed by atoms with Crippen LogP contribution in [0.3, 0.4) is 0 Å². The molecular weight excluding hydrogens is 354 g/mol. The van der Waals surface area contributed by atoms with E-state index in [0.29, 0.717) is 6.42 Å². The van der Waals surface area contributed by atoms with Crippen molar-refractivity contribution in [2.45, 2.75) is 64.5 Å². The third-order valence-corrected chi connectivity index (χ3v) is 4.05. The first-order valence-electron chi connectivity index (χ1n) is 9.50. The van der Waals surface area contributed by atoms with Gasteiger partial charge in [0.05, 0.1) is 40.3 Å². The molecule has 0 aromatic heterocycles. The molecule has 2 unspecified atom stereocenters. The second-order valence-corrected chi connectivity index (χ2v) is 7.54. The first-order valence-corrected chi connectivity index (χ1v) is 9.50. The van der Waals surface area contributed by atoms with Crippen molar-refractivity contribution in [1.29, 1.82) is 0 Å².